The van der Waals surface area contributed by atoms with E-state index in [2.05, 4.69) is 26.2 Å². The van der Waals surface area contributed by atoms with Gasteiger partial charge >= 0.3 is 5.69 Å². The van der Waals surface area contributed by atoms with Crippen molar-refractivity contribution in [2.45, 2.75) is 47.2 Å². The highest BCUT2D eigenvalue weighted by Gasteiger charge is 2.23. The van der Waals surface area contributed by atoms with Gasteiger partial charge in [0.15, 0.2) is 23.0 Å². The van der Waals surface area contributed by atoms with E-state index in [1.165, 1.54) is 0 Å². The SMILES string of the molecule is CCOc1cc2c(cc1OC)-c1c/c(=N\c3c(C)cc(C)cc3C)n(CCNC(=O)c3nsnc3N)c(=O)n1CC2. The minimum absolute atomic E-state index is 0.0787. The Morgan fingerprint density at radius 1 is 1.12 bits per heavy atom. The lowest BCUT2D eigenvalue weighted by atomic mass is 9.97. The number of methoxy groups -OCH3 is 1. The first-order valence-electron chi connectivity index (χ1n) is 13.4. The third-order valence-electron chi connectivity index (χ3n) is 7.08. The lowest BCUT2D eigenvalue weighted by Gasteiger charge is -2.25. The number of hydrogen-bond acceptors (Lipinski definition) is 9. The summed E-state index contributed by atoms with van der Waals surface area (Å²) in [4.78, 5) is 31.6. The first-order valence-corrected chi connectivity index (χ1v) is 14.1. The fourth-order valence-electron chi connectivity index (χ4n) is 5.26. The van der Waals surface area contributed by atoms with Crippen LogP contribution < -0.4 is 31.7 Å². The maximum Gasteiger partial charge on any atom is 0.330 e. The third kappa shape index (κ3) is 5.47. The normalized spacial score (nSPS) is 12.6. The minimum atomic E-state index is -0.440. The van der Waals surface area contributed by atoms with Crippen LogP contribution in [0.25, 0.3) is 11.3 Å². The van der Waals surface area contributed by atoms with E-state index < -0.39 is 5.91 Å². The van der Waals surface area contributed by atoms with E-state index in [9.17, 15) is 9.59 Å². The summed E-state index contributed by atoms with van der Waals surface area (Å²) >= 11 is 0.874. The van der Waals surface area contributed by atoms with E-state index in [1.54, 1.807) is 16.2 Å². The minimum Gasteiger partial charge on any atom is -0.493 e. The van der Waals surface area contributed by atoms with E-state index in [0.29, 0.717) is 36.6 Å². The quantitative estimate of drug-likeness (QED) is 0.329. The predicted octanol–water partition coefficient (Wildman–Crippen LogP) is 3.30. The van der Waals surface area contributed by atoms with Gasteiger partial charge < -0.3 is 20.5 Å². The Morgan fingerprint density at radius 2 is 1.88 bits per heavy atom. The summed E-state index contributed by atoms with van der Waals surface area (Å²) in [6.07, 6.45) is 0.659. The number of anilines is 1. The second-order valence-electron chi connectivity index (χ2n) is 9.93. The fraction of sp³-hybridized carbons (Fsp3) is 0.345. The first-order chi connectivity index (χ1) is 19.7. The number of hydrogen-bond donors (Lipinski definition) is 2. The number of carbonyl (C=O) groups is 1. The highest BCUT2D eigenvalue weighted by atomic mass is 32.1. The molecule has 5 rings (SSSR count). The zero-order valence-electron chi connectivity index (χ0n) is 23.8. The molecule has 214 valence electrons. The summed E-state index contributed by atoms with van der Waals surface area (Å²) in [6.45, 7) is 9.38. The maximum absolute atomic E-state index is 14.0. The van der Waals surface area contributed by atoms with Gasteiger partial charge in [-0.15, -0.1) is 0 Å². The monoisotopic (exact) mass is 575 g/mol. The van der Waals surface area contributed by atoms with Crippen molar-refractivity contribution in [3.05, 3.63) is 74.3 Å². The van der Waals surface area contributed by atoms with E-state index in [0.717, 1.165) is 50.9 Å². The van der Waals surface area contributed by atoms with Crippen LogP contribution in [0.4, 0.5) is 11.5 Å². The summed E-state index contributed by atoms with van der Waals surface area (Å²) in [5.41, 5.74) is 12.8. The van der Waals surface area contributed by atoms with Crippen LogP contribution in [-0.2, 0) is 19.5 Å². The van der Waals surface area contributed by atoms with Crippen LogP contribution >= 0.6 is 11.7 Å². The van der Waals surface area contributed by atoms with Gasteiger partial charge in [-0.3, -0.25) is 13.9 Å². The molecule has 0 fully saturated rings. The Bertz CT molecular complexity index is 1750. The number of nitrogens with zero attached hydrogens (tertiary/aromatic N) is 5. The first kappa shape index (κ1) is 28.1. The summed E-state index contributed by atoms with van der Waals surface area (Å²) in [5, 5.41) is 2.80. The van der Waals surface area contributed by atoms with Crippen molar-refractivity contribution in [2.24, 2.45) is 4.99 Å². The van der Waals surface area contributed by atoms with Crippen LogP contribution in [0.3, 0.4) is 0 Å². The van der Waals surface area contributed by atoms with Crippen LogP contribution in [-0.4, -0.2) is 44.0 Å². The second-order valence-corrected chi connectivity index (χ2v) is 10.5. The summed E-state index contributed by atoms with van der Waals surface area (Å²) in [5.74, 6) is 0.921. The van der Waals surface area contributed by atoms with E-state index in [4.69, 9.17) is 20.2 Å². The van der Waals surface area contributed by atoms with Crippen molar-refractivity contribution in [3.8, 4) is 22.8 Å². The molecular formula is C29H33N7O4S. The van der Waals surface area contributed by atoms with Crippen LogP contribution in [0.15, 0.2) is 40.1 Å². The smallest absolute Gasteiger partial charge is 0.330 e. The summed E-state index contributed by atoms with van der Waals surface area (Å²) < 4.78 is 22.6. The molecule has 0 saturated carbocycles. The molecule has 2 aromatic carbocycles. The van der Waals surface area contributed by atoms with Crippen LogP contribution in [0.5, 0.6) is 11.5 Å². The molecule has 4 aromatic rings. The van der Waals surface area contributed by atoms with Gasteiger partial charge in [0.1, 0.15) is 5.49 Å². The van der Waals surface area contributed by atoms with Gasteiger partial charge in [0.05, 0.1) is 36.8 Å². The summed E-state index contributed by atoms with van der Waals surface area (Å²) in [6, 6.07) is 9.99. The van der Waals surface area contributed by atoms with Crippen molar-refractivity contribution >= 4 is 29.1 Å². The zero-order chi connectivity index (χ0) is 29.3. The number of nitrogens with one attached hydrogen (secondary N) is 1. The molecule has 11 nitrogen and oxygen atoms in total. The highest BCUT2D eigenvalue weighted by Crippen LogP contribution is 2.37. The van der Waals surface area contributed by atoms with Crippen LogP contribution in [0, 0.1) is 20.8 Å². The number of rotatable bonds is 8. The summed E-state index contributed by atoms with van der Waals surface area (Å²) in [7, 11) is 1.60. The average molecular weight is 576 g/mol. The topological polar surface area (TPSA) is 139 Å². The van der Waals surface area contributed by atoms with E-state index in [1.807, 2.05) is 45.9 Å². The Labute approximate surface area is 241 Å². The van der Waals surface area contributed by atoms with Gasteiger partial charge in [0.25, 0.3) is 5.91 Å². The fourth-order valence-corrected chi connectivity index (χ4v) is 5.73. The molecule has 0 unspecified atom stereocenters. The Hall–Kier alpha value is -4.45. The number of fused-ring (bicyclic) bond motifs is 3. The van der Waals surface area contributed by atoms with Gasteiger partial charge in [-0.05, 0) is 62.9 Å². The van der Waals surface area contributed by atoms with Crippen molar-refractivity contribution in [3.63, 3.8) is 0 Å². The maximum atomic E-state index is 14.0. The molecule has 1 amide bonds. The molecule has 2 aromatic heterocycles. The molecule has 0 bridgehead atoms. The number of carbonyl (C=O) groups excluding carboxylic acids is 1. The van der Waals surface area contributed by atoms with Crippen molar-refractivity contribution in [1.29, 1.82) is 0 Å². The molecule has 0 aliphatic carbocycles. The standard InChI is InChI=1S/C29H33N7O4S/c1-6-40-23-13-19-7-9-35-21(20(19)14-22(23)39-5)15-24(32-25-17(3)11-16(2)12-18(25)4)36(29(35)38)10-8-31-28(37)26-27(30)34-41-33-26/h11-15H,6-10H2,1-5H3,(H2,30,34)(H,31,37)/b32-24+. The Kier molecular flexibility index (Phi) is 7.93. The molecule has 0 radical (unpaired) electrons. The van der Waals surface area contributed by atoms with E-state index >= 15 is 0 Å². The number of aromatic nitrogens is 4. The average Bonchev–Trinajstić information content (AvgIpc) is 3.37. The number of benzene rings is 2. The number of ether oxygens (including phenoxy) is 2. The number of nitrogen functional groups attached to an aromatic ring is 1. The van der Waals surface area contributed by atoms with Crippen LogP contribution in [0.2, 0.25) is 0 Å². The molecule has 3 N–H and O–H groups in total. The van der Waals surface area contributed by atoms with Gasteiger partial charge in [0, 0.05) is 31.3 Å². The molecule has 0 saturated heterocycles. The number of nitrogens with two attached hydrogens (primary N) is 1. The zero-order valence-corrected chi connectivity index (χ0v) is 24.6. The van der Waals surface area contributed by atoms with E-state index in [-0.39, 0.29) is 30.3 Å². The molecule has 1 aliphatic heterocycles. The number of amides is 1. The molecule has 3 heterocycles. The molecular weight excluding hydrogens is 542 g/mol. The van der Waals surface area contributed by atoms with Gasteiger partial charge in [0.2, 0.25) is 0 Å². The van der Waals surface area contributed by atoms with Crippen molar-refractivity contribution in [1.82, 2.24) is 23.2 Å². The van der Waals surface area contributed by atoms with Gasteiger partial charge in [-0.25, -0.2) is 9.79 Å². The highest BCUT2D eigenvalue weighted by molar-refractivity contribution is 6.99. The Balaban J connectivity index is 1.63. The molecule has 41 heavy (non-hydrogen) atoms. The molecule has 0 atom stereocenters. The van der Waals surface area contributed by atoms with Crippen molar-refractivity contribution in [2.75, 3.05) is 26.0 Å². The van der Waals surface area contributed by atoms with Gasteiger partial charge in [-0.2, -0.15) is 8.75 Å². The lowest BCUT2D eigenvalue weighted by Crippen LogP contribution is -2.44. The lowest BCUT2D eigenvalue weighted by molar-refractivity contribution is 0.0949. The van der Waals surface area contributed by atoms with Gasteiger partial charge in [-0.1, -0.05) is 17.7 Å². The number of aryl methyl sites for hydroxylation is 4. The molecule has 12 heteroatoms. The van der Waals surface area contributed by atoms with Crippen LogP contribution in [0.1, 0.15) is 39.7 Å². The Morgan fingerprint density at radius 3 is 2.54 bits per heavy atom. The predicted molar refractivity (Wildman–Crippen MR) is 158 cm³/mol. The largest absolute Gasteiger partial charge is 0.493 e. The molecule has 0 spiro atoms. The second kappa shape index (κ2) is 11.6. The molecule has 1 aliphatic rings. The third-order valence-corrected chi connectivity index (χ3v) is 7.62. The van der Waals surface area contributed by atoms with Crippen molar-refractivity contribution < 1.29 is 14.3 Å².